The average molecular weight is 378 g/mol. The number of nitrogens with one attached hydrogen (secondary N) is 1. The van der Waals surface area contributed by atoms with Crippen molar-refractivity contribution in [1.29, 1.82) is 0 Å². The molecule has 1 saturated heterocycles. The van der Waals surface area contributed by atoms with Gasteiger partial charge in [0, 0.05) is 57.4 Å². The predicted octanol–water partition coefficient (Wildman–Crippen LogP) is 1.35. The number of rotatable bonds is 7. The van der Waals surface area contributed by atoms with Crippen LogP contribution < -0.4 is 14.8 Å². The van der Waals surface area contributed by atoms with Crippen LogP contribution in [0.4, 0.5) is 0 Å². The van der Waals surface area contributed by atoms with E-state index in [1.165, 1.54) is 0 Å². The van der Waals surface area contributed by atoms with Crippen molar-refractivity contribution in [2.75, 3.05) is 68.1 Å². The minimum absolute atomic E-state index is 0.446. The van der Waals surface area contributed by atoms with Crippen LogP contribution in [0.15, 0.2) is 23.2 Å². The average Bonchev–Trinajstić information content (AvgIpc) is 2.67. The lowest BCUT2D eigenvalue weighted by molar-refractivity contribution is 0.119. The molecular weight excluding hydrogens is 342 g/mol. The molecule has 1 unspecified atom stereocenters. The molecule has 1 N–H and O–H groups in total. The smallest absolute Gasteiger partial charge is 0.194 e. The highest BCUT2D eigenvalue weighted by Crippen LogP contribution is 2.25. The number of benzene rings is 1. The highest BCUT2D eigenvalue weighted by molar-refractivity contribution is 5.79. The number of guanidine groups is 1. The van der Waals surface area contributed by atoms with Gasteiger partial charge in [-0.2, -0.15) is 0 Å². The van der Waals surface area contributed by atoms with E-state index in [0.29, 0.717) is 12.6 Å². The summed E-state index contributed by atoms with van der Waals surface area (Å²) < 4.78 is 10.8. The Morgan fingerprint density at radius 3 is 2.70 bits per heavy atom. The third kappa shape index (κ3) is 6.01. The van der Waals surface area contributed by atoms with Gasteiger partial charge in [0.1, 0.15) is 11.5 Å². The molecule has 0 amide bonds. The lowest BCUT2D eigenvalue weighted by Crippen LogP contribution is -2.51. The van der Waals surface area contributed by atoms with Crippen LogP contribution in [-0.2, 0) is 6.54 Å². The zero-order chi connectivity index (χ0) is 19.8. The van der Waals surface area contributed by atoms with Crippen LogP contribution in [0, 0.1) is 0 Å². The molecule has 1 aliphatic heterocycles. The Kier molecular flexibility index (Phi) is 8.19. The van der Waals surface area contributed by atoms with Crippen molar-refractivity contribution >= 4 is 5.96 Å². The van der Waals surface area contributed by atoms with E-state index in [2.05, 4.69) is 48.1 Å². The largest absolute Gasteiger partial charge is 0.497 e. The molecule has 1 aromatic rings. The normalized spacial score (nSPS) is 19.0. The van der Waals surface area contributed by atoms with E-state index in [1.54, 1.807) is 14.2 Å². The summed E-state index contributed by atoms with van der Waals surface area (Å²) in [5.74, 6) is 2.53. The summed E-state index contributed by atoms with van der Waals surface area (Å²) in [6, 6.07) is 6.37. The van der Waals surface area contributed by atoms with Gasteiger partial charge in [0.05, 0.1) is 20.8 Å². The summed E-state index contributed by atoms with van der Waals surface area (Å²) in [4.78, 5) is 11.8. The fourth-order valence-corrected chi connectivity index (χ4v) is 3.27. The van der Waals surface area contributed by atoms with Crippen LogP contribution in [0.3, 0.4) is 0 Å². The van der Waals surface area contributed by atoms with Crippen LogP contribution in [0.25, 0.3) is 0 Å². The van der Waals surface area contributed by atoms with Crippen molar-refractivity contribution in [3.05, 3.63) is 23.8 Å². The molecule has 7 heteroatoms. The molecule has 27 heavy (non-hydrogen) atoms. The molecule has 0 bridgehead atoms. The summed E-state index contributed by atoms with van der Waals surface area (Å²) in [6.45, 7) is 7.68. The number of likely N-dealkylation sites (N-methyl/N-ethyl adjacent to an activating group) is 2. The van der Waals surface area contributed by atoms with Crippen molar-refractivity contribution in [2.45, 2.75) is 19.5 Å². The zero-order valence-electron chi connectivity index (χ0n) is 17.7. The maximum atomic E-state index is 5.53. The Hall–Kier alpha value is -1.99. The fraction of sp³-hybridized carbons (Fsp3) is 0.650. The quantitative estimate of drug-likeness (QED) is 0.572. The second-order valence-corrected chi connectivity index (χ2v) is 7.13. The number of nitrogens with zero attached hydrogens (tertiary/aromatic N) is 4. The number of hydrogen-bond donors (Lipinski definition) is 1. The minimum Gasteiger partial charge on any atom is -0.497 e. The van der Waals surface area contributed by atoms with Crippen molar-refractivity contribution in [3.8, 4) is 11.5 Å². The summed E-state index contributed by atoms with van der Waals surface area (Å²) >= 11 is 0. The van der Waals surface area contributed by atoms with Crippen molar-refractivity contribution in [3.63, 3.8) is 0 Å². The van der Waals surface area contributed by atoms with Gasteiger partial charge in [0.2, 0.25) is 0 Å². The SMILES string of the molecule is CCNC(=NCC1CN(C)CCN1C)N(C)Cc1ccc(OC)cc1OC. The molecule has 0 spiro atoms. The van der Waals surface area contributed by atoms with Crippen LogP contribution in [-0.4, -0.2) is 94.8 Å². The number of ether oxygens (including phenoxy) is 2. The number of methoxy groups -OCH3 is 2. The van der Waals surface area contributed by atoms with Crippen molar-refractivity contribution in [2.24, 2.45) is 4.99 Å². The van der Waals surface area contributed by atoms with E-state index in [1.807, 2.05) is 18.2 Å². The Morgan fingerprint density at radius 1 is 1.26 bits per heavy atom. The Labute approximate surface area is 163 Å². The first kappa shape index (κ1) is 21.3. The van der Waals surface area contributed by atoms with Gasteiger partial charge in [-0.05, 0) is 33.2 Å². The van der Waals surface area contributed by atoms with Crippen LogP contribution >= 0.6 is 0 Å². The van der Waals surface area contributed by atoms with Crippen molar-refractivity contribution in [1.82, 2.24) is 20.0 Å². The maximum absolute atomic E-state index is 5.53. The fourth-order valence-electron chi connectivity index (χ4n) is 3.27. The molecule has 0 aromatic heterocycles. The summed E-state index contributed by atoms with van der Waals surface area (Å²) in [5.41, 5.74) is 1.10. The molecule has 2 rings (SSSR count). The lowest BCUT2D eigenvalue weighted by atomic mass is 10.2. The predicted molar refractivity (Wildman–Crippen MR) is 111 cm³/mol. The second-order valence-electron chi connectivity index (χ2n) is 7.13. The molecule has 0 aliphatic carbocycles. The standard InChI is InChI=1S/C20H35N5O2/c1-7-21-20(22-13-17-15-23(2)10-11-24(17)3)25(4)14-16-8-9-18(26-5)12-19(16)27-6/h8-9,12,17H,7,10-11,13-15H2,1-6H3,(H,21,22). The topological polar surface area (TPSA) is 52.6 Å². The van der Waals surface area contributed by atoms with Crippen LogP contribution in [0.1, 0.15) is 12.5 Å². The summed E-state index contributed by atoms with van der Waals surface area (Å²) in [6.07, 6.45) is 0. The first-order valence-electron chi connectivity index (χ1n) is 9.57. The number of hydrogen-bond acceptors (Lipinski definition) is 5. The summed E-state index contributed by atoms with van der Waals surface area (Å²) in [5, 5.41) is 3.41. The third-order valence-corrected chi connectivity index (χ3v) is 5.03. The molecule has 1 atom stereocenters. The molecule has 152 valence electrons. The van der Waals surface area contributed by atoms with E-state index < -0.39 is 0 Å². The Balaban J connectivity index is 2.08. The van der Waals surface area contributed by atoms with Gasteiger partial charge in [0.15, 0.2) is 5.96 Å². The number of aliphatic imine (C=N–C) groups is 1. The molecule has 7 nitrogen and oxygen atoms in total. The molecule has 0 saturated carbocycles. The molecule has 1 aliphatic rings. The van der Waals surface area contributed by atoms with Crippen molar-refractivity contribution < 1.29 is 9.47 Å². The first-order chi connectivity index (χ1) is 13.0. The van der Waals surface area contributed by atoms with Gasteiger partial charge < -0.3 is 24.6 Å². The Bertz CT molecular complexity index is 622. The molecule has 1 heterocycles. The van der Waals surface area contributed by atoms with Crippen LogP contribution in [0.2, 0.25) is 0 Å². The van der Waals surface area contributed by atoms with E-state index in [4.69, 9.17) is 14.5 Å². The number of piperazine rings is 1. The molecule has 1 aromatic carbocycles. The third-order valence-electron chi connectivity index (χ3n) is 5.03. The maximum Gasteiger partial charge on any atom is 0.194 e. The van der Waals surface area contributed by atoms with Gasteiger partial charge in [-0.3, -0.25) is 9.89 Å². The van der Waals surface area contributed by atoms with E-state index in [0.717, 1.165) is 55.7 Å². The zero-order valence-corrected chi connectivity index (χ0v) is 17.7. The first-order valence-corrected chi connectivity index (χ1v) is 9.57. The van der Waals surface area contributed by atoms with E-state index >= 15 is 0 Å². The summed E-state index contributed by atoms with van der Waals surface area (Å²) in [7, 11) is 9.77. The van der Waals surface area contributed by atoms with E-state index in [9.17, 15) is 0 Å². The molecule has 0 radical (unpaired) electrons. The van der Waals surface area contributed by atoms with Gasteiger partial charge in [-0.25, -0.2) is 0 Å². The highest BCUT2D eigenvalue weighted by Gasteiger charge is 2.22. The van der Waals surface area contributed by atoms with Crippen LogP contribution in [0.5, 0.6) is 11.5 Å². The molecular formula is C20H35N5O2. The van der Waals surface area contributed by atoms with Gasteiger partial charge in [-0.15, -0.1) is 0 Å². The lowest BCUT2D eigenvalue weighted by Gasteiger charge is -2.37. The van der Waals surface area contributed by atoms with Gasteiger partial charge in [-0.1, -0.05) is 0 Å². The Morgan fingerprint density at radius 2 is 2.04 bits per heavy atom. The van der Waals surface area contributed by atoms with Gasteiger partial charge >= 0.3 is 0 Å². The molecule has 1 fully saturated rings. The minimum atomic E-state index is 0.446. The second kappa shape index (κ2) is 10.4. The van der Waals surface area contributed by atoms with E-state index in [-0.39, 0.29) is 0 Å². The monoisotopic (exact) mass is 377 g/mol. The van der Waals surface area contributed by atoms with Gasteiger partial charge in [0.25, 0.3) is 0 Å². The highest BCUT2D eigenvalue weighted by atomic mass is 16.5.